The van der Waals surface area contributed by atoms with Crippen molar-refractivity contribution in [3.05, 3.63) is 79.4 Å². The van der Waals surface area contributed by atoms with Crippen molar-refractivity contribution in [1.82, 2.24) is 30.1 Å². The highest BCUT2D eigenvalue weighted by Gasteiger charge is 2.18. The van der Waals surface area contributed by atoms with E-state index in [0.29, 0.717) is 12.1 Å². The maximum absolute atomic E-state index is 12.4. The molecule has 0 unspecified atom stereocenters. The van der Waals surface area contributed by atoms with Crippen molar-refractivity contribution in [2.45, 2.75) is 27.2 Å². The van der Waals surface area contributed by atoms with Crippen molar-refractivity contribution in [3.63, 3.8) is 0 Å². The van der Waals surface area contributed by atoms with Crippen molar-refractivity contribution in [1.29, 1.82) is 0 Å². The third kappa shape index (κ3) is 4.64. The lowest BCUT2D eigenvalue weighted by atomic mass is 9.92. The minimum absolute atomic E-state index is 0.0403. The Bertz CT molecular complexity index is 1780. The Morgan fingerprint density at radius 2 is 1.79 bits per heavy atom. The fraction of sp³-hybridized carbons (Fsp3) is 0.167. The molecule has 6 aromatic rings. The van der Waals surface area contributed by atoms with E-state index in [9.17, 15) is 4.79 Å². The minimum atomic E-state index is -0.0965. The van der Waals surface area contributed by atoms with Gasteiger partial charge in [-0.25, -0.2) is 4.98 Å². The summed E-state index contributed by atoms with van der Waals surface area (Å²) < 4.78 is 0. The molecular formula is C30H27N7O. The molecule has 8 heteroatoms. The minimum Gasteiger partial charge on any atom is -0.353 e. The molecule has 0 spiro atoms. The summed E-state index contributed by atoms with van der Waals surface area (Å²) in [7, 11) is 0. The zero-order chi connectivity index (χ0) is 26.3. The molecule has 0 saturated carbocycles. The first-order chi connectivity index (χ1) is 18.3. The van der Waals surface area contributed by atoms with Crippen molar-refractivity contribution in [2.24, 2.45) is 5.41 Å². The molecule has 6 rings (SSSR count). The number of carbonyl (C=O) groups excluding carboxylic acids is 1. The molecule has 38 heavy (non-hydrogen) atoms. The van der Waals surface area contributed by atoms with Gasteiger partial charge >= 0.3 is 0 Å². The molecule has 3 N–H and O–H groups in total. The second-order valence-corrected chi connectivity index (χ2v) is 10.6. The number of rotatable bonds is 5. The Morgan fingerprint density at radius 1 is 0.921 bits per heavy atom. The summed E-state index contributed by atoms with van der Waals surface area (Å²) in [6, 6.07) is 18.1. The van der Waals surface area contributed by atoms with Crippen molar-refractivity contribution in [2.75, 3.05) is 5.32 Å². The number of H-pyrrole nitrogens is 2. The predicted molar refractivity (Wildman–Crippen MR) is 150 cm³/mol. The summed E-state index contributed by atoms with van der Waals surface area (Å²) in [4.78, 5) is 29.5. The number of hydrogen-bond donors (Lipinski definition) is 3. The van der Waals surface area contributed by atoms with Gasteiger partial charge in [-0.2, -0.15) is 5.10 Å². The fourth-order valence-corrected chi connectivity index (χ4v) is 4.64. The van der Waals surface area contributed by atoms with Gasteiger partial charge in [-0.15, -0.1) is 0 Å². The van der Waals surface area contributed by atoms with Crippen molar-refractivity contribution < 1.29 is 4.79 Å². The molecule has 0 aliphatic heterocycles. The van der Waals surface area contributed by atoms with Gasteiger partial charge in [0.15, 0.2) is 0 Å². The number of fused-ring (bicyclic) bond motifs is 2. The van der Waals surface area contributed by atoms with Gasteiger partial charge in [-0.3, -0.25) is 19.9 Å². The lowest BCUT2D eigenvalue weighted by Crippen LogP contribution is -2.19. The van der Waals surface area contributed by atoms with E-state index in [4.69, 9.17) is 4.98 Å². The highest BCUT2D eigenvalue weighted by atomic mass is 16.1. The maximum atomic E-state index is 12.4. The number of nitrogens with one attached hydrogen (secondary N) is 3. The number of pyridine rings is 3. The molecule has 188 valence electrons. The smallest absolute Gasteiger partial charge is 0.224 e. The van der Waals surface area contributed by atoms with Crippen molar-refractivity contribution >= 4 is 33.5 Å². The average Bonchev–Trinajstić information content (AvgIpc) is 3.51. The molecule has 0 bridgehead atoms. The van der Waals surface area contributed by atoms with E-state index in [-0.39, 0.29) is 11.3 Å². The van der Waals surface area contributed by atoms with Crippen LogP contribution in [0.25, 0.3) is 55.7 Å². The number of nitrogens with zero attached hydrogens (tertiary/aromatic N) is 4. The van der Waals surface area contributed by atoms with E-state index < -0.39 is 0 Å². The van der Waals surface area contributed by atoms with Crippen LogP contribution in [0.2, 0.25) is 0 Å². The number of anilines is 1. The van der Waals surface area contributed by atoms with Gasteiger partial charge in [0, 0.05) is 47.0 Å². The zero-order valence-electron chi connectivity index (χ0n) is 21.4. The SMILES string of the molecule is CC(C)(C)CC(=O)Nc1cncc(-c2ccc3[nH]nc(-c4cc5c(-c6cccnc6)cccc5[nH]4)c3n2)c1. The highest BCUT2D eigenvalue weighted by Crippen LogP contribution is 2.34. The van der Waals surface area contributed by atoms with Crippen LogP contribution in [0.1, 0.15) is 27.2 Å². The van der Waals surface area contributed by atoms with Gasteiger partial charge in [-0.1, -0.05) is 39.0 Å². The van der Waals surface area contributed by atoms with E-state index in [0.717, 1.165) is 55.7 Å². The molecule has 5 aromatic heterocycles. The van der Waals surface area contributed by atoms with E-state index in [1.807, 2.05) is 57.3 Å². The summed E-state index contributed by atoms with van der Waals surface area (Å²) in [6.07, 6.45) is 7.46. The Hall–Kier alpha value is -4.85. The Morgan fingerprint density at radius 3 is 2.61 bits per heavy atom. The van der Waals surface area contributed by atoms with Crippen LogP contribution in [0.4, 0.5) is 5.69 Å². The monoisotopic (exact) mass is 501 g/mol. The zero-order valence-corrected chi connectivity index (χ0v) is 21.4. The molecule has 8 nitrogen and oxygen atoms in total. The Balaban J connectivity index is 1.36. The van der Waals surface area contributed by atoms with Gasteiger partial charge in [-0.05, 0) is 47.4 Å². The van der Waals surface area contributed by atoms with Crippen LogP contribution in [0.5, 0.6) is 0 Å². The molecule has 0 aliphatic rings. The first-order valence-electron chi connectivity index (χ1n) is 12.5. The predicted octanol–water partition coefficient (Wildman–Crippen LogP) is 6.60. The Kier molecular flexibility index (Phi) is 5.72. The van der Waals surface area contributed by atoms with E-state index >= 15 is 0 Å². The van der Waals surface area contributed by atoms with Crippen LogP contribution < -0.4 is 5.32 Å². The van der Waals surface area contributed by atoms with E-state index in [2.05, 4.69) is 54.7 Å². The average molecular weight is 502 g/mol. The van der Waals surface area contributed by atoms with Gasteiger partial charge in [0.2, 0.25) is 5.91 Å². The molecular weight excluding hydrogens is 474 g/mol. The number of amides is 1. The van der Waals surface area contributed by atoms with Gasteiger partial charge < -0.3 is 10.3 Å². The first-order valence-corrected chi connectivity index (χ1v) is 12.5. The molecule has 0 atom stereocenters. The summed E-state index contributed by atoms with van der Waals surface area (Å²) in [6.45, 7) is 6.11. The van der Waals surface area contributed by atoms with E-state index in [1.165, 1.54) is 0 Å². The standard InChI is InChI=1S/C30H27N7O/c1-30(2,3)14-27(38)33-20-12-19(16-32-17-20)23-9-10-25-28(35-23)29(37-36-25)26-13-22-21(7-4-8-24(22)34-26)18-6-5-11-31-15-18/h4-13,15-17,34H,14H2,1-3H3,(H,33,38)(H,36,37). The topological polar surface area (TPSA) is 112 Å². The quantitative estimate of drug-likeness (QED) is 0.246. The Labute approximate surface area is 219 Å². The summed E-state index contributed by atoms with van der Waals surface area (Å²) in [5.74, 6) is -0.0403. The fourth-order valence-electron chi connectivity index (χ4n) is 4.64. The summed E-state index contributed by atoms with van der Waals surface area (Å²) >= 11 is 0. The highest BCUT2D eigenvalue weighted by molar-refractivity contribution is 6.00. The molecule has 1 aromatic carbocycles. The van der Waals surface area contributed by atoms with Crippen LogP contribution in [-0.4, -0.2) is 36.0 Å². The van der Waals surface area contributed by atoms with Crippen LogP contribution in [0, 0.1) is 5.41 Å². The second kappa shape index (κ2) is 9.23. The van der Waals surface area contributed by atoms with Crippen LogP contribution in [-0.2, 0) is 4.79 Å². The van der Waals surface area contributed by atoms with Gasteiger partial charge in [0.1, 0.15) is 11.2 Å². The summed E-state index contributed by atoms with van der Waals surface area (Å²) in [5.41, 5.74) is 8.45. The number of hydrogen-bond acceptors (Lipinski definition) is 5. The largest absolute Gasteiger partial charge is 0.353 e. The van der Waals surface area contributed by atoms with Crippen LogP contribution in [0.3, 0.4) is 0 Å². The van der Waals surface area contributed by atoms with Gasteiger partial charge in [0.05, 0.1) is 28.8 Å². The molecule has 0 radical (unpaired) electrons. The second-order valence-electron chi connectivity index (χ2n) is 10.6. The van der Waals surface area contributed by atoms with Crippen LogP contribution in [0.15, 0.2) is 79.4 Å². The normalized spacial score (nSPS) is 11.8. The number of benzene rings is 1. The number of carbonyl (C=O) groups is 1. The molecule has 0 aliphatic carbocycles. The number of aromatic nitrogens is 6. The first kappa shape index (κ1) is 23.5. The number of aromatic amines is 2. The lowest BCUT2D eigenvalue weighted by Gasteiger charge is -2.17. The van der Waals surface area contributed by atoms with E-state index in [1.54, 1.807) is 18.6 Å². The summed E-state index contributed by atoms with van der Waals surface area (Å²) in [5, 5.41) is 11.7. The van der Waals surface area contributed by atoms with Gasteiger partial charge in [0.25, 0.3) is 0 Å². The lowest BCUT2D eigenvalue weighted by molar-refractivity contribution is -0.117. The molecule has 1 amide bonds. The third-order valence-corrected chi connectivity index (χ3v) is 6.31. The molecule has 5 heterocycles. The third-order valence-electron chi connectivity index (χ3n) is 6.31. The van der Waals surface area contributed by atoms with Crippen molar-refractivity contribution in [3.8, 4) is 33.8 Å². The molecule has 0 fully saturated rings. The molecule has 0 saturated heterocycles. The maximum Gasteiger partial charge on any atom is 0.224 e. The van der Waals surface area contributed by atoms with Crippen LogP contribution >= 0.6 is 0 Å².